The fourth-order valence-electron chi connectivity index (χ4n) is 1.87. The number of benzene rings is 2. The van der Waals surface area contributed by atoms with Crippen LogP contribution in [0.1, 0.15) is 24.2 Å². The van der Waals surface area contributed by atoms with Crippen molar-refractivity contribution in [3.8, 4) is 11.5 Å². The second-order valence-electron chi connectivity index (χ2n) is 4.26. The summed E-state index contributed by atoms with van der Waals surface area (Å²) < 4.78 is 35.1. The van der Waals surface area contributed by atoms with Crippen molar-refractivity contribution in [2.75, 3.05) is 5.32 Å². The Morgan fingerprint density at radius 3 is 2.43 bits per heavy atom. The summed E-state index contributed by atoms with van der Waals surface area (Å²) in [6.45, 7) is 4.00. The first-order valence-electron chi connectivity index (χ1n) is 6.90. The Kier molecular flexibility index (Phi) is 5.20. The normalized spacial score (nSPS) is 13.8. The fourth-order valence-corrected chi connectivity index (χ4v) is 2.34. The molecule has 2 aromatic carbocycles. The van der Waals surface area contributed by atoms with Crippen LogP contribution in [0.25, 0.3) is 0 Å². The van der Waals surface area contributed by atoms with Gasteiger partial charge in [-0.2, -0.15) is 0 Å². The van der Waals surface area contributed by atoms with Gasteiger partial charge in [0.2, 0.25) is 0 Å². The van der Waals surface area contributed by atoms with Crippen LogP contribution in [-0.2, 0) is 0 Å². The van der Waals surface area contributed by atoms with Crippen molar-refractivity contribution in [1.29, 1.82) is 0 Å². The van der Waals surface area contributed by atoms with Crippen LogP contribution in [0.5, 0.6) is 11.5 Å². The first-order chi connectivity index (χ1) is 10.9. The molecule has 0 unspecified atom stereocenters. The van der Waals surface area contributed by atoms with Crippen molar-refractivity contribution < 1.29 is 23.0 Å². The number of hydrogen-bond donors (Lipinski definition) is 1. The SMILES string of the molecule is CC.O=C(Nc1ccc2c(c1)OC(F)(F)O2)c1ccccc1Br. The number of rotatable bonds is 2. The number of hydrogen-bond acceptors (Lipinski definition) is 3. The maximum atomic E-state index is 12.9. The van der Waals surface area contributed by atoms with Gasteiger partial charge in [-0.1, -0.05) is 26.0 Å². The van der Waals surface area contributed by atoms with Crippen LogP contribution in [0.3, 0.4) is 0 Å². The maximum absolute atomic E-state index is 12.9. The Morgan fingerprint density at radius 2 is 1.74 bits per heavy atom. The van der Waals surface area contributed by atoms with E-state index in [0.717, 1.165) is 0 Å². The molecule has 1 amide bonds. The zero-order valence-corrected chi connectivity index (χ0v) is 14.0. The summed E-state index contributed by atoms with van der Waals surface area (Å²) in [5, 5.41) is 2.61. The Morgan fingerprint density at radius 1 is 1.09 bits per heavy atom. The van der Waals surface area contributed by atoms with Crippen LogP contribution in [-0.4, -0.2) is 12.2 Å². The Balaban J connectivity index is 0.000000924. The molecule has 7 heteroatoms. The van der Waals surface area contributed by atoms with E-state index in [1.165, 1.54) is 18.2 Å². The molecule has 1 aliphatic rings. The van der Waals surface area contributed by atoms with E-state index in [9.17, 15) is 13.6 Å². The molecule has 1 N–H and O–H groups in total. The molecule has 1 heterocycles. The van der Waals surface area contributed by atoms with Gasteiger partial charge in [0.1, 0.15) is 0 Å². The quantitative estimate of drug-likeness (QED) is 0.786. The predicted molar refractivity (Wildman–Crippen MR) is 86.1 cm³/mol. The third kappa shape index (κ3) is 3.98. The van der Waals surface area contributed by atoms with E-state index in [-0.39, 0.29) is 17.4 Å². The molecule has 0 saturated carbocycles. The van der Waals surface area contributed by atoms with E-state index >= 15 is 0 Å². The molecule has 0 aromatic heterocycles. The van der Waals surface area contributed by atoms with Crippen LogP contribution in [0.15, 0.2) is 46.9 Å². The lowest BCUT2D eigenvalue weighted by Gasteiger charge is -2.07. The number of anilines is 1. The van der Waals surface area contributed by atoms with Gasteiger partial charge in [-0.25, -0.2) is 0 Å². The van der Waals surface area contributed by atoms with Gasteiger partial charge >= 0.3 is 6.29 Å². The van der Waals surface area contributed by atoms with Crippen molar-refractivity contribution >= 4 is 27.5 Å². The molecule has 0 saturated heterocycles. The molecule has 0 fully saturated rings. The summed E-state index contributed by atoms with van der Waals surface area (Å²) in [7, 11) is 0. The number of halogens is 3. The van der Waals surface area contributed by atoms with Crippen LogP contribution >= 0.6 is 15.9 Å². The van der Waals surface area contributed by atoms with Crippen LogP contribution in [0, 0.1) is 0 Å². The molecule has 3 rings (SSSR count). The van der Waals surface area contributed by atoms with Crippen molar-refractivity contribution in [1.82, 2.24) is 0 Å². The summed E-state index contributed by atoms with van der Waals surface area (Å²) in [6, 6.07) is 10.9. The Hall–Kier alpha value is -2.15. The molecule has 0 spiro atoms. The summed E-state index contributed by atoms with van der Waals surface area (Å²) >= 11 is 3.27. The molecular formula is C16H14BrF2NO3. The third-order valence-electron chi connectivity index (χ3n) is 2.78. The van der Waals surface area contributed by atoms with Crippen LogP contribution in [0.4, 0.5) is 14.5 Å². The number of ether oxygens (including phenoxy) is 2. The Bertz CT molecular complexity index is 722. The van der Waals surface area contributed by atoms with E-state index in [2.05, 4.69) is 30.7 Å². The van der Waals surface area contributed by atoms with Crippen molar-refractivity contribution in [3.05, 3.63) is 52.5 Å². The number of nitrogens with one attached hydrogen (secondary N) is 1. The molecule has 0 atom stereocenters. The zero-order chi connectivity index (χ0) is 17.0. The van der Waals surface area contributed by atoms with Gasteiger partial charge in [0, 0.05) is 16.2 Å². The van der Waals surface area contributed by atoms with Gasteiger partial charge in [0.05, 0.1) is 5.56 Å². The molecule has 0 aliphatic carbocycles. The second kappa shape index (κ2) is 6.95. The molecular weight excluding hydrogens is 372 g/mol. The van der Waals surface area contributed by atoms with E-state index < -0.39 is 6.29 Å². The van der Waals surface area contributed by atoms with Gasteiger partial charge in [-0.05, 0) is 40.2 Å². The fraction of sp³-hybridized carbons (Fsp3) is 0.188. The number of carbonyl (C=O) groups excluding carboxylic acids is 1. The first kappa shape index (κ1) is 17.2. The van der Waals surface area contributed by atoms with Crippen molar-refractivity contribution in [2.24, 2.45) is 0 Å². The summed E-state index contributed by atoms with van der Waals surface area (Å²) in [5.41, 5.74) is 0.760. The molecule has 2 aromatic rings. The van der Waals surface area contributed by atoms with E-state index in [1.54, 1.807) is 24.3 Å². The minimum atomic E-state index is -3.67. The van der Waals surface area contributed by atoms with Crippen molar-refractivity contribution in [2.45, 2.75) is 20.1 Å². The monoisotopic (exact) mass is 385 g/mol. The van der Waals surface area contributed by atoms with Gasteiger partial charge in [-0.15, -0.1) is 8.78 Å². The number of fused-ring (bicyclic) bond motifs is 1. The van der Waals surface area contributed by atoms with Gasteiger partial charge in [0.25, 0.3) is 5.91 Å². The van der Waals surface area contributed by atoms with Gasteiger partial charge < -0.3 is 14.8 Å². The lowest BCUT2D eigenvalue weighted by molar-refractivity contribution is -0.286. The second-order valence-corrected chi connectivity index (χ2v) is 5.12. The third-order valence-corrected chi connectivity index (χ3v) is 3.47. The van der Waals surface area contributed by atoms with E-state index in [4.69, 9.17) is 0 Å². The largest absolute Gasteiger partial charge is 0.586 e. The number of amides is 1. The smallest absolute Gasteiger partial charge is 0.395 e. The standard InChI is InChI=1S/C14H8BrF2NO3.C2H6/c15-10-4-2-1-3-9(10)13(19)18-8-5-6-11-12(7-8)21-14(16,17)20-11;1-2/h1-7H,(H,18,19);1-2H3. The lowest BCUT2D eigenvalue weighted by atomic mass is 10.2. The highest BCUT2D eigenvalue weighted by Gasteiger charge is 2.43. The topological polar surface area (TPSA) is 47.6 Å². The number of alkyl halides is 2. The lowest BCUT2D eigenvalue weighted by Crippen LogP contribution is -2.25. The molecule has 1 aliphatic heterocycles. The van der Waals surface area contributed by atoms with Gasteiger partial charge in [0.15, 0.2) is 11.5 Å². The summed E-state index contributed by atoms with van der Waals surface area (Å²) in [6.07, 6.45) is -3.67. The highest BCUT2D eigenvalue weighted by molar-refractivity contribution is 9.10. The molecule has 0 radical (unpaired) electrons. The summed E-state index contributed by atoms with van der Waals surface area (Å²) in [4.78, 5) is 12.1. The van der Waals surface area contributed by atoms with E-state index in [1.807, 2.05) is 13.8 Å². The molecule has 0 bridgehead atoms. The maximum Gasteiger partial charge on any atom is 0.586 e. The molecule has 122 valence electrons. The summed E-state index contributed by atoms with van der Waals surface area (Å²) in [5.74, 6) is -0.558. The average Bonchev–Trinajstić information content (AvgIpc) is 2.82. The highest BCUT2D eigenvalue weighted by Crippen LogP contribution is 2.42. The Labute approximate surface area is 140 Å². The zero-order valence-electron chi connectivity index (χ0n) is 12.4. The average molecular weight is 386 g/mol. The highest BCUT2D eigenvalue weighted by atomic mass is 79.9. The van der Waals surface area contributed by atoms with Crippen molar-refractivity contribution in [3.63, 3.8) is 0 Å². The number of carbonyl (C=O) groups is 1. The molecule has 23 heavy (non-hydrogen) atoms. The minimum absolute atomic E-state index is 0.0705. The molecule has 4 nitrogen and oxygen atoms in total. The minimum Gasteiger partial charge on any atom is -0.395 e. The predicted octanol–water partition coefficient (Wildman–Crippen LogP) is 5.05. The van der Waals surface area contributed by atoms with E-state index in [0.29, 0.717) is 15.7 Å². The van der Waals surface area contributed by atoms with Gasteiger partial charge in [-0.3, -0.25) is 4.79 Å². The van der Waals surface area contributed by atoms with Crippen LogP contribution < -0.4 is 14.8 Å². The first-order valence-corrected chi connectivity index (χ1v) is 7.70. The van der Waals surface area contributed by atoms with Crippen LogP contribution in [0.2, 0.25) is 0 Å².